The number of carboxylic acid groups (broad SMARTS) is 1. The fourth-order valence-corrected chi connectivity index (χ4v) is 2.93. The lowest BCUT2D eigenvalue weighted by molar-refractivity contribution is 0.0746. The standard InChI is InChI=1S/C20H24FN3O3/c1-19(2,3)24(18(25)26)12-20(6-7-20)13-27-15-10-16(17(21)23-11-15)14-4-8-22-9-5-14/h4-5,8-11H,6-7,12-13H2,1-3H3,(H,25,26). The van der Waals surface area contributed by atoms with Crippen LogP contribution in [-0.2, 0) is 0 Å². The van der Waals surface area contributed by atoms with E-state index in [1.54, 1.807) is 30.6 Å². The lowest BCUT2D eigenvalue weighted by Crippen LogP contribution is -2.48. The first-order valence-corrected chi connectivity index (χ1v) is 8.90. The van der Waals surface area contributed by atoms with Gasteiger partial charge in [0.25, 0.3) is 0 Å². The summed E-state index contributed by atoms with van der Waals surface area (Å²) in [4.78, 5) is 20.8. The van der Waals surface area contributed by atoms with Crippen LogP contribution in [0.2, 0.25) is 0 Å². The Bertz CT molecular complexity index is 817. The molecule has 1 saturated carbocycles. The molecule has 2 heterocycles. The average Bonchev–Trinajstić information content (AvgIpc) is 3.39. The summed E-state index contributed by atoms with van der Waals surface area (Å²) in [5, 5.41) is 9.51. The largest absolute Gasteiger partial charge is 0.491 e. The number of ether oxygens (including phenoxy) is 1. The average molecular weight is 373 g/mol. The minimum atomic E-state index is -0.933. The van der Waals surface area contributed by atoms with Gasteiger partial charge in [-0.3, -0.25) is 4.98 Å². The zero-order valence-corrected chi connectivity index (χ0v) is 15.8. The quantitative estimate of drug-likeness (QED) is 0.767. The third kappa shape index (κ3) is 4.53. The highest BCUT2D eigenvalue weighted by atomic mass is 19.1. The van der Waals surface area contributed by atoms with Crippen molar-refractivity contribution in [3.63, 3.8) is 0 Å². The number of nitrogens with zero attached hydrogens (tertiary/aromatic N) is 3. The summed E-state index contributed by atoms with van der Waals surface area (Å²) in [5.41, 5.74) is 0.345. The Balaban J connectivity index is 1.71. The predicted molar refractivity (Wildman–Crippen MR) is 99.1 cm³/mol. The Hall–Kier alpha value is -2.70. The molecule has 0 saturated heterocycles. The number of pyridine rings is 2. The molecule has 1 fully saturated rings. The van der Waals surface area contributed by atoms with E-state index in [4.69, 9.17) is 4.74 Å². The molecule has 0 unspecified atom stereocenters. The molecule has 0 aliphatic heterocycles. The number of aromatic nitrogens is 2. The van der Waals surface area contributed by atoms with Crippen molar-refractivity contribution in [1.29, 1.82) is 0 Å². The molecular formula is C20H24FN3O3. The van der Waals surface area contributed by atoms with E-state index >= 15 is 0 Å². The summed E-state index contributed by atoms with van der Waals surface area (Å²) >= 11 is 0. The van der Waals surface area contributed by atoms with Crippen molar-refractivity contribution >= 4 is 6.09 Å². The van der Waals surface area contributed by atoms with Crippen molar-refractivity contribution in [3.8, 4) is 16.9 Å². The lowest BCUT2D eigenvalue weighted by Gasteiger charge is -2.36. The van der Waals surface area contributed by atoms with Crippen LogP contribution >= 0.6 is 0 Å². The third-order valence-corrected chi connectivity index (χ3v) is 4.84. The monoisotopic (exact) mass is 373 g/mol. The molecule has 0 atom stereocenters. The van der Waals surface area contributed by atoms with E-state index in [-0.39, 0.29) is 5.41 Å². The molecule has 0 spiro atoms. The minimum absolute atomic E-state index is 0.198. The minimum Gasteiger partial charge on any atom is -0.491 e. The van der Waals surface area contributed by atoms with Crippen molar-refractivity contribution in [1.82, 2.24) is 14.9 Å². The van der Waals surface area contributed by atoms with Crippen molar-refractivity contribution in [2.24, 2.45) is 5.41 Å². The topological polar surface area (TPSA) is 75.5 Å². The molecule has 7 heteroatoms. The number of carbonyl (C=O) groups is 1. The third-order valence-electron chi connectivity index (χ3n) is 4.84. The lowest BCUT2D eigenvalue weighted by atomic mass is 10.0. The van der Waals surface area contributed by atoms with E-state index in [0.717, 1.165) is 12.8 Å². The maximum Gasteiger partial charge on any atom is 0.407 e. The number of halogens is 1. The van der Waals surface area contributed by atoms with Crippen molar-refractivity contribution in [2.75, 3.05) is 13.2 Å². The van der Waals surface area contributed by atoms with Gasteiger partial charge in [0.2, 0.25) is 5.95 Å². The molecule has 2 aromatic rings. The first-order valence-electron chi connectivity index (χ1n) is 8.90. The van der Waals surface area contributed by atoms with E-state index in [0.29, 0.717) is 30.0 Å². The van der Waals surface area contributed by atoms with Gasteiger partial charge in [0.15, 0.2) is 0 Å². The number of hydrogen-bond acceptors (Lipinski definition) is 4. The zero-order chi connectivity index (χ0) is 19.7. The van der Waals surface area contributed by atoms with Gasteiger partial charge in [0.05, 0.1) is 12.8 Å². The molecule has 27 heavy (non-hydrogen) atoms. The Morgan fingerprint density at radius 1 is 1.33 bits per heavy atom. The van der Waals surface area contributed by atoms with Crippen LogP contribution in [0, 0.1) is 11.4 Å². The Labute approximate surface area is 158 Å². The normalized spacial score (nSPS) is 15.3. The van der Waals surface area contributed by atoms with Gasteiger partial charge in [-0.15, -0.1) is 0 Å². The van der Waals surface area contributed by atoms with Crippen LogP contribution in [0.4, 0.5) is 9.18 Å². The van der Waals surface area contributed by atoms with Crippen LogP contribution in [0.25, 0.3) is 11.1 Å². The first kappa shape index (κ1) is 19.1. The molecule has 0 aromatic carbocycles. The van der Waals surface area contributed by atoms with Gasteiger partial charge in [0, 0.05) is 35.5 Å². The van der Waals surface area contributed by atoms with Gasteiger partial charge < -0.3 is 14.7 Å². The zero-order valence-electron chi connectivity index (χ0n) is 15.8. The van der Waals surface area contributed by atoms with Gasteiger partial charge in [-0.05, 0) is 57.4 Å². The fourth-order valence-electron chi connectivity index (χ4n) is 2.93. The fraction of sp³-hybridized carbons (Fsp3) is 0.450. The number of rotatable bonds is 6. The van der Waals surface area contributed by atoms with Crippen LogP contribution in [0.5, 0.6) is 5.75 Å². The summed E-state index contributed by atoms with van der Waals surface area (Å²) in [6, 6.07) is 5.03. The Kier molecular flexibility index (Phi) is 5.04. The van der Waals surface area contributed by atoms with Gasteiger partial charge in [-0.25, -0.2) is 9.78 Å². The predicted octanol–water partition coefficient (Wildman–Crippen LogP) is 4.22. The molecule has 6 nitrogen and oxygen atoms in total. The highest BCUT2D eigenvalue weighted by molar-refractivity contribution is 5.66. The van der Waals surface area contributed by atoms with Crippen LogP contribution in [0.1, 0.15) is 33.6 Å². The SMILES string of the molecule is CC(C)(C)N(CC1(COc2cnc(F)c(-c3ccncc3)c2)CC1)C(=O)O. The summed E-state index contributed by atoms with van der Waals surface area (Å²) in [6.07, 6.45) is 5.41. The molecule has 1 N–H and O–H groups in total. The number of hydrogen-bond donors (Lipinski definition) is 1. The maximum atomic E-state index is 14.1. The summed E-state index contributed by atoms with van der Waals surface area (Å²) in [7, 11) is 0. The molecule has 3 rings (SSSR count). The van der Waals surface area contributed by atoms with Gasteiger partial charge in [-0.2, -0.15) is 4.39 Å². The number of amides is 1. The van der Waals surface area contributed by atoms with Crippen molar-refractivity contribution in [3.05, 3.63) is 42.7 Å². The summed E-state index contributed by atoms with van der Waals surface area (Å²) in [5.74, 6) is -0.105. The van der Waals surface area contributed by atoms with Crippen LogP contribution in [0.15, 0.2) is 36.8 Å². The second-order valence-corrected chi connectivity index (χ2v) is 8.07. The molecule has 144 valence electrons. The molecule has 2 aromatic heterocycles. The smallest absolute Gasteiger partial charge is 0.407 e. The molecular weight excluding hydrogens is 349 g/mol. The maximum absolute atomic E-state index is 14.1. The van der Waals surface area contributed by atoms with E-state index < -0.39 is 17.6 Å². The van der Waals surface area contributed by atoms with Gasteiger partial charge >= 0.3 is 6.09 Å². The van der Waals surface area contributed by atoms with Crippen LogP contribution < -0.4 is 4.74 Å². The molecule has 0 radical (unpaired) electrons. The Morgan fingerprint density at radius 2 is 2.00 bits per heavy atom. The molecule has 0 bridgehead atoms. The first-order chi connectivity index (χ1) is 12.7. The van der Waals surface area contributed by atoms with Crippen molar-refractivity contribution in [2.45, 2.75) is 39.2 Å². The van der Waals surface area contributed by atoms with Gasteiger partial charge in [0.1, 0.15) is 5.75 Å². The second-order valence-electron chi connectivity index (χ2n) is 8.07. The summed E-state index contributed by atoms with van der Waals surface area (Å²) in [6.45, 7) is 6.42. The summed E-state index contributed by atoms with van der Waals surface area (Å²) < 4.78 is 20.0. The molecule has 1 aliphatic rings. The molecule has 1 aliphatic carbocycles. The van der Waals surface area contributed by atoms with Gasteiger partial charge in [-0.1, -0.05) is 0 Å². The molecule has 1 amide bonds. The van der Waals surface area contributed by atoms with Crippen LogP contribution in [0.3, 0.4) is 0 Å². The van der Waals surface area contributed by atoms with E-state index in [1.165, 1.54) is 11.1 Å². The van der Waals surface area contributed by atoms with E-state index in [1.807, 2.05) is 20.8 Å². The highest BCUT2D eigenvalue weighted by Crippen LogP contribution is 2.47. The van der Waals surface area contributed by atoms with E-state index in [9.17, 15) is 14.3 Å². The van der Waals surface area contributed by atoms with E-state index in [2.05, 4.69) is 9.97 Å². The van der Waals surface area contributed by atoms with Crippen molar-refractivity contribution < 1.29 is 19.0 Å². The highest BCUT2D eigenvalue weighted by Gasteiger charge is 2.47. The Morgan fingerprint density at radius 3 is 2.56 bits per heavy atom. The van der Waals surface area contributed by atoms with Crippen LogP contribution in [-0.4, -0.2) is 44.8 Å². The second kappa shape index (κ2) is 7.13.